The molecular weight excluding hydrogens is 270 g/mol. The van der Waals surface area contributed by atoms with Crippen molar-refractivity contribution >= 4 is 17.5 Å². The van der Waals surface area contributed by atoms with Crippen LogP contribution in [0.4, 0.5) is 17.5 Å². The van der Waals surface area contributed by atoms with E-state index in [2.05, 4.69) is 34.4 Å². The van der Waals surface area contributed by atoms with E-state index in [0.717, 1.165) is 19.3 Å². The number of nitrogens with zero attached hydrogens (tertiary/aromatic N) is 3. The van der Waals surface area contributed by atoms with Crippen LogP contribution in [-0.2, 0) is 0 Å². The lowest BCUT2D eigenvalue weighted by Crippen LogP contribution is -2.17. The number of hydrogen-bond acceptors (Lipinski definition) is 6. The van der Waals surface area contributed by atoms with Crippen LogP contribution >= 0.6 is 0 Å². The molecule has 1 aromatic rings. The van der Waals surface area contributed by atoms with Crippen LogP contribution < -0.4 is 10.6 Å². The van der Waals surface area contributed by atoms with Gasteiger partial charge in [-0.3, -0.25) is 10.1 Å². The Morgan fingerprint density at radius 1 is 1.33 bits per heavy atom. The summed E-state index contributed by atoms with van der Waals surface area (Å²) in [6.45, 7) is 6.62. The van der Waals surface area contributed by atoms with Crippen LogP contribution in [0.1, 0.15) is 45.2 Å². The maximum atomic E-state index is 11.2. The fourth-order valence-electron chi connectivity index (χ4n) is 2.20. The van der Waals surface area contributed by atoms with Gasteiger partial charge in [0, 0.05) is 13.6 Å². The normalized spacial score (nSPS) is 12.0. The van der Waals surface area contributed by atoms with Gasteiger partial charge < -0.3 is 10.6 Å². The molecule has 0 fully saturated rings. The number of aromatic nitrogens is 2. The standard InChI is InChI=1S/C14H25N5O2/c1-5-7-8-11(6-2)9-16-13-12(19(20)21)10(3)17-14(15-4)18-13/h11H,5-9H2,1-4H3,(H2,15,16,17,18). The van der Waals surface area contributed by atoms with Crippen molar-refractivity contribution in [3.8, 4) is 0 Å². The van der Waals surface area contributed by atoms with Gasteiger partial charge in [0.25, 0.3) is 0 Å². The van der Waals surface area contributed by atoms with Gasteiger partial charge in [0.05, 0.1) is 4.92 Å². The molecule has 1 rings (SSSR count). The monoisotopic (exact) mass is 295 g/mol. The molecule has 0 aliphatic rings. The molecule has 7 nitrogen and oxygen atoms in total. The predicted octanol–water partition coefficient (Wildman–Crippen LogP) is 3.36. The molecule has 0 bridgehead atoms. The second-order valence-electron chi connectivity index (χ2n) is 5.13. The first-order valence-electron chi connectivity index (χ1n) is 7.48. The van der Waals surface area contributed by atoms with Crippen LogP contribution in [-0.4, -0.2) is 28.5 Å². The lowest BCUT2D eigenvalue weighted by molar-refractivity contribution is -0.385. The van der Waals surface area contributed by atoms with E-state index in [4.69, 9.17) is 0 Å². The molecule has 7 heteroatoms. The third kappa shape index (κ3) is 4.84. The minimum atomic E-state index is -0.426. The molecule has 0 aliphatic heterocycles. The van der Waals surface area contributed by atoms with Crippen molar-refractivity contribution in [3.05, 3.63) is 15.8 Å². The minimum absolute atomic E-state index is 0.0423. The lowest BCUT2D eigenvalue weighted by Gasteiger charge is -2.16. The number of anilines is 2. The lowest BCUT2D eigenvalue weighted by atomic mass is 9.99. The zero-order chi connectivity index (χ0) is 15.8. The first kappa shape index (κ1) is 17.1. The largest absolute Gasteiger partial charge is 0.364 e. The second kappa shape index (κ2) is 8.39. The summed E-state index contributed by atoms with van der Waals surface area (Å²) in [6, 6.07) is 0. The Morgan fingerprint density at radius 3 is 2.57 bits per heavy atom. The molecule has 21 heavy (non-hydrogen) atoms. The number of nitro groups is 1. The Hall–Kier alpha value is -1.92. The van der Waals surface area contributed by atoms with Crippen LogP contribution in [0.2, 0.25) is 0 Å². The zero-order valence-corrected chi connectivity index (χ0v) is 13.3. The van der Waals surface area contributed by atoms with Crippen molar-refractivity contribution in [3.63, 3.8) is 0 Å². The molecule has 1 unspecified atom stereocenters. The maximum absolute atomic E-state index is 11.2. The summed E-state index contributed by atoms with van der Waals surface area (Å²) in [4.78, 5) is 19.0. The number of rotatable bonds is 9. The van der Waals surface area contributed by atoms with Gasteiger partial charge in [-0.25, -0.2) is 4.98 Å². The van der Waals surface area contributed by atoms with E-state index in [-0.39, 0.29) is 5.69 Å². The van der Waals surface area contributed by atoms with Gasteiger partial charge in [-0.05, 0) is 19.3 Å². The molecule has 0 radical (unpaired) electrons. The third-order valence-corrected chi connectivity index (χ3v) is 3.57. The Morgan fingerprint density at radius 2 is 2.05 bits per heavy atom. The Balaban J connectivity index is 2.89. The van der Waals surface area contributed by atoms with Gasteiger partial charge in [-0.2, -0.15) is 4.98 Å². The van der Waals surface area contributed by atoms with Crippen LogP contribution in [0.3, 0.4) is 0 Å². The zero-order valence-electron chi connectivity index (χ0n) is 13.3. The SMILES string of the molecule is CCCCC(CC)CNc1nc(NC)nc(C)c1[N+](=O)[O-]. The number of hydrogen-bond donors (Lipinski definition) is 2. The Kier molecular flexibility index (Phi) is 6.84. The summed E-state index contributed by atoms with van der Waals surface area (Å²) in [6.07, 6.45) is 4.50. The molecule has 0 amide bonds. The summed E-state index contributed by atoms with van der Waals surface area (Å²) >= 11 is 0. The fraction of sp³-hybridized carbons (Fsp3) is 0.714. The summed E-state index contributed by atoms with van der Waals surface area (Å²) < 4.78 is 0. The fourth-order valence-corrected chi connectivity index (χ4v) is 2.20. The van der Waals surface area contributed by atoms with Crippen molar-refractivity contribution in [1.82, 2.24) is 9.97 Å². The highest BCUT2D eigenvalue weighted by Crippen LogP contribution is 2.27. The summed E-state index contributed by atoms with van der Waals surface area (Å²) in [5.74, 6) is 1.19. The first-order chi connectivity index (χ1) is 10.0. The maximum Gasteiger partial charge on any atom is 0.332 e. The smallest absolute Gasteiger partial charge is 0.332 e. The van der Waals surface area contributed by atoms with Crippen molar-refractivity contribution in [1.29, 1.82) is 0 Å². The molecular formula is C14H25N5O2. The van der Waals surface area contributed by atoms with Gasteiger partial charge in [-0.15, -0.1) is 0 Å². The molecule has 0 saturated heterocycles. The van der Waals surface area contributed by atoms with E-state index in [1.165, 1.54) is 6.42 Å². The minimum Gasteiger partial charge on any atom is -0.364 e. The molecule has 2 N–H and O–H groups in total. The third-order valence-electron chi connectivity index (χ3n) is 3.57. The number of aryl methyl sites for hydroxylation is 1. The van der Waals surface area contributed by atoms with E-state index in [1.807, 2.05) is 0 Å². The van der Waals surface area contributed by atoms with Crippen LogP contribution in [0, 0.1) is 23.0 Å². The van der Waals surface area contributed by atoms with Gasteiger partial charge in [-0.1, -0.05) is 33.1 Å². The Labute approximate surface area is 125 Å². The summed E-state index contributed by atoms with van der Waals surface area (Å²) in [5, 5.41) is 17.2. The first-order valence-corrected chi connectivity index (χ1v) is 7.48. The molecule has 0 spiro atoms. The molecule has 1 atom stereocenters. The van der Waals surface area contributed by atoms with Gasteiger partial charge in [0.15, 0.2) is 0 Å². The average molecular weight is 295 g/mol. The molecule has 1 aromatic heterocycles. The average Bonchev–Trinajstić information content (AvgIpc) is 2.46. The van der Waals surface area contributed by atoms with Crippen LogP contribution in [0.25, 0.3) is 0 Å². The number of unbranched alkanes of at least 4 members (excludes halogenated alkanes) is 1. The molecule has 0 aliphatic carbocycles. The molecule has 118 valence electrons. The summed E-state index contributed by atoms with van der Waals surface area (Å²) in [7, 11) is 1.69. The Bertz CT molecular complexity index is 479. The van der Waals surface area contributed by atoms with Crippen molar-refractivity contribution in [2.45, 2.75) is 46.5 Å². The van der Waals surface area contributed by atoms with Crippen molar-refractivity contribution in [2.75, 3.05) is 24.2 Å². The highest BCUT2D eigenvalue weighted by molar-refractivity contribution is 5.60. The van der Waals surface area contributed by atoms with Gasteiger partial charge >= 0.3 is 5.69 Å². The van der Waals surface area contributed by atoms with E-state index >= 15 is 0 Å². The second-order valence-corrected chi connectivity index (χ2v) is 5.13. The van der Waals surface area contributed by atoms with Gasteiger partial charge in [0.2, 0.25) is 11.8 Å². The summed E-state index contributed by atoms with van der Waals surface area (Å²) in [5.41, 5.74) is 0.322. The number of nitrogens with one attached hydrogen (secondary N) is 2. The topological polar surface area (TPSA) is 93.0 Å². The van der Waals surface area contributed by atoms with Crippen molar-refractivity contribution in [2.24, 2.45) is 5.92 Å². The van der Waals surface area contributed by atoms with Gasteiger partial charge in [0.1, 0.15) is 5.69 Å². The highest BCUT2D eigenvalue weighted by Gasteiger charge is 2.22. The predicted molar refractivity (Wildman–Crippen MR) is 84.8 cm³/mol. The van der Waals surface area contributed by atoms with Crippen molar-refractivity contribution < 1.29 is 4.92 Å². The van der Waals surface area contributed by atoms with Crippen LogP contribution in [0.5, 0.6) is 0 Å². The van der Waals surface area contributed by atoms with E-state index < -0.39 is 4.92 Å². The molecule has 1 heterocycles. The molecule has 0 aromatic carbocycles. The quantitative estimate of drug-likeness (QED) is 0.536. The van der Waals surface area contributed by atoms with E-state index in [0.29, 0.717) is 29.9 Å². The van der Waals surface area contributed by atoms with Crippen LogP contribution in [0.15, 0.2) is 0 Å². The highest BCUT2D eigenvalue weighted by atomic mass is 16.6. The van der Waals surface area contributed by atoms with E-state index in [1.54, 1.807) is 14.0 Å². The molecule has 0 saturated carbocycles. The van der Waals surface area contributed by atoms with E-state index in [9.17, 15) is 10.1 Å².